The fraction of sp³-hybridized carbons (Fsp3) is 0.571. The molecule has 1 heterocycles. The molecule has 0 aromatic heterocycles. The fourth-order valence-corrected chi connectivity index (χ4v) is 2.42. The highest BCUT2D eigenvalue weighted by atomic mass is 16.5. The van der Waals surface area contributed by atoms with Gasteiger partial charge in [-0.3, -0.25) is 0 Å². The molecule has 1 aliphatic rings. The SMILES string of the molecule is CCOCC1CN(c2ccc(N)cc2)CC1C. The summed E-state index contributed by atoms with van der Waals surface area (Å²) in [6.45, 7) is 8.25. The summed E-state index contributed by atoms with van der Waals surface area (Å²) in [6, 6.07) is 8.14. The first-order valence-electron chi connectivity index (χ1n) is 6.39. The van der Waals surface area contributed by atoms with E-state index in [0.29, 0.717) is 11.8 Å². The second kappa shape index (κ2) is 5.41. The van der Waals surface area contributed by atoms with E-state index in [1.807, 2.05) is 12.1 Å². The lowest BCUT2D eigenvalue weighted by Gasteiger charge is -2.18. The monoisotopic (exact) mass is 234 g/mol. The number of nitrogen functional groups attached to an aromatic ring is 1. The molecule has 1 aliphatic heterocycles. The minimum Gasteiger partial charge on any atom is -0.399 e. The van der Waals surface area contributed by atoms with Gasteiger partial charge >= 0.3 is 0 Å². The predicted octanol–water partition coefficient (Wildman–Crippen LogP) is 2.38. The molecule has 2 rings (SSSR count). The summed E-state index contributed by atoms with van der Waals surface area (Å²) in [6.07, 6.45) is 0. The maximum Gasteiger partial charge on any atom is 0.0514 e. The maximum absolute atomic E-state index is 5.71. The molecule has 1 fully saturated rings. The maximum atomic E-state index is 5.71. The summed E-state index contributed by atoms with van der Waals surface area (Å²) in [5.41, 5.74) is 7.80. The van der Waals surface area contributed by atoms with E-state index in [1.54, 1.807) is 0 Å². The lowest BCUT2D eigenvalue weighted by molar-refractivity contribution is 0.104. The topological polar surface area (TPSA) is 38.5 Å². The van der Waals surface area contributed by atoms with Crippen molar-refractivity contribution in [2.75, 3.05) is 36.9 Å². The Bertz CT molecular complexity index is 350. The Morgan fingerprint density at radius 2 is 2.00 bits per heavy atom. The van der Waals surface area contributed by atoms with Crippen LogP contribution in [0.4, 0.5) is 11.4 Å². The average molecular weight is 234 g/mol. The lowest BCUT2D eigenvalue weighted by Crippen LogP contribution is -2.21. The molecule has 2 N–H and O–H groups in total. The third kappa shape index (κ3) is 2.91. The first-order chi connectivity index (χ1) is 8.20. The van der Waals surface area contributed by atoms with Gasteiger partial charge in [-0.2, -0.15) is 0 Å². The van der Waals surface area contributed by atoms with Gasteiger partial charge in [0.25, 0.3) is 0 Å². The van der Waals surface area contributed by atoms with Gasteiger partial charge in [0, 0.05) is 37.0 Å². The van der Waals surface area contributed by atoms with Crippen LogP contribution in [0.1, 0.15) is 13.8 Å². The van der Waals surface area contributed by atoms with Crippen molar-refractivity contribution in [1.82, 2.24) is 0 Å². The number of nitrogens with zero attached hydrogens (tertiary/aromatic N) is 1. The van der Waals surface area contributed by atoms with Crippen molar-refractivity contribution in [3.63, 3.8) is 0 Å². The molecule has 0 aliphatic carbocycles. The Morgan fingerprint density at radius 3 is 2.65 bits per heavy atom. The van der Waals surface area contributed by atoms with Crippen molar-refractivity contribution >= 4 is 11.4 Å². The zero-order valence-corrected chi connectivity index (χ0v) is 10.7. The van der Waals surface area contributed by atoms with Crippen molar-refractivity contribution in [1.29, 1.82) is 0 Å². The molecule has 0 bridgehead atoms. The molecule has 0 spiro atoms. The van der Waals surface area contributed by atoms with Gasteiger partial charge in [-0.15, -0.1) is 0 Å². The number of nitrogens with two attached hydrogens (primary N) is 1. The minimum atomic E-state index is 0.646. The number of hydrogen-bond donors (Lipinski definition) is 1. The summed E-state index contributed by atoms with van der Waals surface area (Å²) in [4.78, 5) is 2.42. The molecule has 0 radical (unpaired) electrons. The molecule has 3 heteroatoms. The van der Waals surface area contributed by atoms with Crippen LogP contribution in [0.3, 0.4) is 0 Å². The van der Waals surface area contributed by atoms with Crippen molar-refractivity contribution in [3.8, 4) is 0 Å². The van der Waals surface area contributed by atoms with E-state index in [0.717, 1.165) is 32.0 Å². The molecule has 1 saturated heterocycles. The highest BCUT2D eigenvalue weighted by Gasteiger charge is 2.29. The molecule has 2 atom stereocenters. The summed E-state index contributed by atoms with van der Waals surface area (Å²) < 4.78 is 5.54. The second-order valence-corrected chi connectivity index (χ2v) is 4.89. The Hall–Kier alpha value is -1.22. The van der Waals surface area contributed by atoms with Gasteiger partial charge in [-0.1, -0.05) is 6.92 Å². The van der Waals surface area contributed by atoms with Crippen LogP contribution in [0.2, 0.25) is 0 Å². The third-order valence-electron chi connectivity index (χ3n) is 3.56. The van der Waals surface area contributed by atoms with Crippen LogP contribution in [0.15, 0.2) is 24.3 Å². The summed E-state index contributed by atoms with van der Waals surface area (Å²) in [5.74, 6) is 1.34. The van der Waals surface area contributed by atoms with Gasteiger partial charge in [0.05, 0.1) is 6.61 Å². The minimum absolute atomic E-state index is 0.646. The first-order valence-corrected chi connectivity index (χ1v) is 6.39. The third-order valence-corrected chi connectivity index (χ3v) is 3.56. The van der Waals surface area contributed by atoms with E-state index in [1.165, 1.54) is 5.69 Å². The molecule has 17 heavy (non-hydrogen) atoms. The van der Waals surface area contributed by atoms with E-state index in [2.05, 4.69) is 30.9 Å². The lowest BCUT2D eigenvalue weighted by atomic mass is 9.99. The molecule has 0 saturated carbocycles. The van der Waals surface area contributed by atoms with Crippen molar-refractivity contribution < 1.29 is 4.74 Å². The molecule has 0 amide bonds. The van der Waals surface area contributed by atoms with E-state index in [-0.39, 0.29) is 0 Å². The number of benzene rings is 1. The Kier molecular flexibility index (Phi) is 3.89. The number of hydrogen-bond acceptors (Lipinski definition) is 3. The van der Waals surface area contributed by atoms with Gasteiger partial charge in [-0.05, 0) is 37.1 Å². The second-order valence-electron chi connectivity index (χ2n) is 4.89. The van der Waals surface area contributed by atoms with Crippen LogP contribution in [0.5, 0.6) is 0 Å². The van der Waals surface area contributed by atoms with Crippen molar-refractivity contribution in [2.45, 2.75) is 13.8 Å². The van der Waals surface area contributed by atoms with Gasteiger partial charge in [0.2, 0.25) is 0 Å². The first kappa shape index (κ1) is 12.2. The Labute approximate surface area is 104 Å². The van der Waals surface area contributed by atoms with Crippen LogP contribution in [-0.4, -0.2) is 26.3 Å². The smallest absolute Gasteiger partial charge is 0.0514 e. The van der Waals surface area contributed by atoms with Crippen molar-refractivity contribution in [2.24, 2.45) is 11.8 Å². The zero-order valence-electron chi connectivity index (χ0n) is 10.7. The summed E-state index contributed by atoms with van der Waals surface area (Å²) in [7, 11) is 0. The fourth-order valence-electron chi connectivity index (χ4n) is 2.42. The molecule has 1 aromatic rings. The number of rotatable bonds is 4. The molecule has 94 valence electrons. The van der Waals surface area contributed by atoms with Crippen LogP contribution >= 0.6 is 0 Å². The zero-order chi connectivity index (χ0) is 12.3. The quantitative estimate of drug-likeness (QED) is 0.813. The average Bonchev–Trinajstić information content (AvgIpc) is 2.69. The predicted molar refractivity (Wildman–Crippen MR) is 72.2 cm³/mol. The highest BCUT2D eigenvalue weighted by molar-refractivity contribution is 5.53. The standard InChI is InChI=1S/C14H22N2O/c1-3-17-10-12-9-16(8-11(12)2)14-6-4-13(15)5-7-14/h4-7,11-12H,3,8-10,15H2,1-2H3. The van der Waals surface area contributed by atoms with E-state index < -0.39 is 0 Å². The Morgan fingerprint density at radius 1 is 1.29 bits per heavy atom. The van der Waals surface area contributed by atoms with Crippen LogP contribution in [0.25, 0.3) is 0 Å². The normalized spacial score (nSPS) is 24.2. The molecule has 1 aromatic carbocycles. The van der Waals surface area contributed by atoms with Gasteiger partial charge in [0.15, 0.2) is 0 Å². The van der Waals surface area contributed by atoms with Gasteiger partial charge in [0.1, 0.15) is 0 Å². The molecular weight excluding hydrogens is 212 g/mol. The van der Waals surface area contributed by atoms with Crippen LogP contribution in [-0.2, 0) is 4.74 Å². The number of ether oxygens (including phenoxy) is 1. The van der Waals surface area contributed by atoms with Crippen LogP contribution in [0, 0.1) is 11.8 Å². The highest BCUT2D eigenvalue weighted by Crippen LogP contribution is 2.28. The van der Waals surface area contributed by atoms with Gasteiger partial charge < -0.3 is 15.4 Å². The van der Waals surface area contributed by atoms with E-state index in [9.17, 15) is 0 Å². The molecule has 3 nitrogen and oxygen atoms in total. The van der Waals surface area contributed by atoms with Gasteiger partial charge in [-0.25, -0.2) is 0 Å². The summed E-state index contributed by atoms with van der Waals surface area (Å²) in [5, 5.41) is 0. The molecule has 2 unspecified atom stereocenters. The molecular formula is C14H22N2O. The van der Waals surface area contributed by atoms with Crippen molar-refractivity contribution in [3.05, 3.63) is 24.3 Å². The largest absolute Gasteiger partial charge is 0.399 e. The van der Waals surface area contributed by atoms with E-state index in [4.69, 9.17) is 10.5 Å². The van der Waals surface area contributed by atoms with E-state index >= 15 is 0 Å². The summed E-state index contributed by atoms with van der Waals surface area (Å²) >= 11 is 0. The Balaban J connectivity index is 1.98. The number of anilines is 2. The van der Waals surface area contributed by atoms with Crippen LogP contribution < -0.4 is 10.6 Å².